The van der Waals surface area contributed by atoms with Crippen molar-refractivity contribution in [1.82, 2.24) is 10.3 Å². The molecule has 0 bridgehead atoms. The number of hydrogen-bond acceptors (Lipinski definition) is 4. The summed E-state index contributed by atoms with van der Waals surface area (Å²) in [6.45, 7) is -0.567. The van der Waals surface area contributed by atoms with Crippen LogP contribution in [0.1, 0.15) is 43.2 Å². The standard InChI is InChI=1S/C22H25F3N4O/c23-17-4-3-16(11-18(17)29-20(30)19-12-21(24,25)13-28-19)22(26,8-5-14-1-2-14)15-6-9-27-10-7-15/h3-4,6-7,9-11,14,19,28H,1-2,5,8,12-13,26H2,(H,29,30). The van der Waals surface area contributed by atoms with Crippen LogP contribution in [-0.2, 0) is 10.3 Å². The molecule has 1 aromatic carbocycles. The van der Waals surface area contributed by atoms with Crippen molar-refractivity contribution in [2.75, 3.05) is 11.9 Å². The van der Waals surface area contributed by atoms with Crippen molar-refractivity contribution in [3.05, 3.63) is 59.7 Å². The molecule has 0 spiro atoms. The fraction of sp³-hybridized carbons (Fsp3) is 0.455. The molecule has 1 amide bonds. The fourth-order valence-electron chi connectivity index (χ4n) is 3.96. The highest BCUT2D eigenvalue weighted by atomic mass is 19.3. The Balaban J connectivity index is 1.60. The number of benzene rings is 1. The number of alkyl halides is 2. The summed E-state index contributed by atoms with van der Waals surface area (Å²) in [6, 6.07) is 6.97. The minimum absolute atomic E-state index is 0.0650. The van der Waals surface area contributed by atoms with Crippen molar-refractivity contribution < 1.29 is 18.0 Å². The summed E-state index contributed by atoms with van der Waals surface area (Å²) < 4.78 is 41.2. The number of aromatic nitrogens is 1. The quantitative estimate of drug-likeness (QED) is 0.643. The summed E-state index contributed by atoms with van der Waals surface area (Å²) in [5.74, 6) is -3.62. The summed E-state index contributed by atoms with van der Waals surface area (Å²) in [5.41, 5.74) is 7.40. The van der Waals surface area contributed by atoms with Crippen LogP contribution in [0.4, 0.5) is 18.9 Å². The van der Waals surface area contributed by atoms with E-state index in [9.17, 15) is 18.0 Å². The summed E-state index contributed by atoms with van der Waals surface area (Å²) >= 11 is 0. The van der Waals surface area contributed by atoms with Crippen LogP contribution in [-0.4, -0.2) is 29.4 Å². The van der Waals surface area contributed by atoms with Crippen LogP contribution in [0.25, 0.3) is 0 Å². The summed E-state index contributed by atoms with van der Waals surface area (Å²) in [7, 11) is 0. The first-order chi connectivity index (χ1) is 14.3. The molecule has 2 fully saturated rings. The molecule has 30 heavy (non-hydrogen) atoms. The summed E-state index contributed by atoms with van der Waals surface area (Å²) in [5, 5.41) is 4.93. The first kappa shape index (κ1) is 20.8. The highest BCUT2D eigenvalue weighted by Crippen LogP contribution is 2.40. The van der Waals surface area contributed by atoms with E-state index >= 15 is 0 Å². The van der Waals surface area contributed by atoms with Crippen LogP contribution in [0.5, 0.6) is 0 Å². The molecule has 1 aliphatic heterocycles. The van der Waals surface area contributed by atoms with Gasteiger partial charge in [-0.1, -0.05) is 18.9 Å². The number of rotatable bonds is 7. The van der Waals surface area contributed by atoms with Crippen LogP contribution >= 0.6 is 0 Å². The highest BCUT2D eigenvalue weighted by molar-refractivity contribution is 5.95. The van der Waals surface area contributed by atoms with E-state index in [0.717, 1.165) is 12.0 Å². The lowest BCUT2D eigenvalue weighted by Crippen LogP contribution is -2.39. The summed E-state index contributed by atoms with van der Waals surface area (Å²) in [6.07, 6.45) is 6.69. The van der Waals surface area contributed by atoms with Gasteiger partial charge in [0.2, 0.25) is 5.91 Å². The van der Waals surface area contributed by atoms with E-state index in [4.69, 9.17) is 5.73 Å². The maximum atomic E-state index is 14.4. The Morgan fingerprint density at radius 1 is 1.23 bits per heavy atom. The number of amides is 1. The first-order valence-electron chi connectivity index (χ1n) is 10.2. The molecule has 1 aromatic heterocycles. The van der Waals surface area contributed by atoms with Crippen LogP contribution in [0.15, 0.2) is 42.7 Å². The molecule has 2 heterocycles. The number of anilines is 1. The third kappa shape index (κ3) is 4.49. The largest absolute Gasteiger partial charge is 0.322 e. The number of nitrogens with one attached hydrogen (secondary N) is 2. The molecule has 4 N–H and O–H groups in total. The van der Waals surface area contributed by atoms with E-state index in [1.807, 2.05) is 12.1 Å². The van der Waals surface area contributed by atoms with Gasteiger partial charge in [-0.05, 0) is 54.2 Å². The molecule has 160 valence electrons. The lowest BCUT2D eigenvalue weighted by molar-refractivity contribution is -0.118. The topological polar surface area (TPSA) is 80.0 Å². The van der Waals surface area contributed by atoms with E-state index in [-0.39, 0.29) is 5.69 Å². The van der Waals surface area contributed by atoms with E-state index in [1.54, 1.807) is 18.5 Å². The van der Waals surface area contributed by atoms with Gasteiger partial charge < -0.3 is 11.1 Å². The maximum absolute atomic E-state index is 14.4. The van der Waals surface area contributed by atoms with Gasteiger partial charge >= 0.3 is 0 Å². The minimum atomic E-state index is -2.95. The molecule has 2 atom stereocenters. The normalized spacial score (nSPS) is 22.5. The van der Waals surface area contributed by atoms with Crippen molar-refractivity contribution in [2.45, 2.75) is 49.6 Å². The SMILES string of the molecule is NC(CCC1CC1)(c1ccncc1)c1ccc(F)c(NC(=O)C2CC(F)(F)CN2)c1. The fourth-order valence-corrected chi connectivity index (χ4v) is 3.96. The third-order valence-corrected chi connectivity index (χ3v) is 6.01. The second kappa shape index (κ2) is 8.00. The molecule has 5 nitrogen and oxygen atoms in total. The van der Waals surface area contributed by atoms with Gasteiger partial charge in [0.25, 0.3) is 5.92 Å². The zero-order valence-electron chi connectivity index (χ0n) is 16.5. The Labute approximate surface area is 173 Å². The smallest absolute Gasteiger partial charge is 0.262 e. The molecule has 1 saturated heterocycles. The van der Waals surface area contributed by atoms with Gasteiger partial charge in [-0.2, -0.15) is 0 Å². The lowest BCUT2D eigenvalue weighted by atomic mass is 9.79. The zero-order valence-corrected chi connectivity index (χ0v) is 16.5. The van der Waals surface area contributed by atoms with Crippen molar-refractivity contribution in [3.63, 3.8) is 0 Å². The molecule has 4 rings (SSSR count). The van der Waals surface area contributed by atoms with Gasteiger partial charge in [0.1, 0.15) is 5.82 Å². The number of nitrogens with zero attached hydrogens (tertiary/aromatic N) is 1. The Morgan fingerprint density at radius 2 is 1.97 bits per heavy atom. The van der Waals surface area contributed by atoms with E-state index < -0.39 is 42.2 Å². The second-order valence-corrected chi connectivity index (χ2v) is 8.37. The molecule has 2 aromatic rings. The molecule has 8 heteroatoms. The van der Waals surface area contributed by atoms with E-state index in [2.05, 4.69) is 15.6 Å². The second-order valence-electron chi connectivity index (χ2n) is 8.37. The number of halogens is 3. The van der Waals surface area contributed by atoms with Crippen LogP contribution in [0, 0.1) is 11.7 Å². The molecule has 0 radical (unpaired) electrons. The van der Waals surface area contributed by atoms with Crippen molar-refractivity contribution in [2.24, 2.45) is 11.7 Å². The van der Waals surface area contributed by atoms with Gasteiger partial charge in [-0.15, -0.1) is 0 Å². The van der Waals surface area contributed by atoms with Gasteiger partial charge in [-0.3, -0.25) is 15.1 Å². The van der Waals surface area contributed by atoms with Crippen molar-refractivity contribution in [1.29, 1.82) is 0 Å². The molecule has 2 aliphatic rings. The van der Waals surface area contributed by atoms with Gasteiger partial charge in [0, 0.05) is 18.8 Å². The zero-order chi connectivity index (χ0) is 21.4. The Morgan fingerprint density at radius 3 is 2.60 bits per heavy atom. The molecular weight excluding hydrogens is 393 g/mol. The molecule has 1 saturated carbocycles. The summed E-state index contributed by atoms with van der Waals surface area (Å²) in [4.78, 5) is 16.4. The minimum Gasteiger partial charge on any atom is -0.322 e. The van der Waals surface area contributed by atoms with E-state index in [0.29, 0.717) is 17.9 Å². The molecule has 1 aliphatic carbocycles. The van der Waals surface area contributed by atoms with Crippen LogP contribution in [0.3, 0.4) is 0 Å². The monoisotopic (exact) mass is 418 g/mol. The van der Waals surface area contributed by atoms with Crippen molar-refractivity contribution >= 4 is 11.6 Å². The van der Waals surface area contributed by atoms with Gasteiger partial charge in [-0.25, -0.2) is 13.2 Å². The highest BCUT2D eigenvalue weighted by Gasteiger charge is 2.42. The van der Waals surface area contributed by atoms with Gasteiger partial charge in [0.05, 0.1) is 23.8 Å². The lowest BCUT2D eigenvalue weighted by Gasteiger charge is -2.31. The van der Waals surface area contributed by atoms with Crippen molar-refractivity contribution in [3.8, 4) is 0 Å². The maximum Gasteiger partial charge on any atom is 0.262 e. The van der Waals surface area contributed by atoms with Crippen LogP contribution < -0.4 is 16.4 Å². The van der Waals surface area contributed by atoms with Crippen LogP contribution in [0.2, 0.25) is 0 Å². The molecule has 2 unspecified atom stereocenters. The van der Waals surface area contributed by atoms with Gasteiger partial charge in [0.15, 0.2) is 0 Å². The van der Waals surface area contributed by atoms with E-state index in [1.165, 1.54) is 25.0 Å². The Kier molecular flexibility index (Phi) is 5.55. The Bertz CT molecular complexity index is 920. The first-order valence-corrected chi connectivity index (χ1v) is 10.2. The average molecular weight is 418 g/mol. The number of hydrogen-bond donors (Lipinski definition) is 3. The third-order valence-electron chi connectivity index (χ3n) is 6.01. The predicted molar refractivity (Wildman–Crippen MR) is 108 cm³/mol. The molecular formula is C22H25F3N4O. The average Bonchev–Trinajstić information content (AvgIpc) is 3.49. The number of carbonyl (C=O) groups is 1. The number of pyridine rings is 1. The number of nitrogens with two attached hydrogens (primary N) is 1. The predicted octanol–water partition coefficient (Wildman–Crippen LogP) is 3.55. The number of carbonyl (C=O) groups excluding carboxylic acids is 1. The Hall–Kier alpha value is -2.45.